The van der Waals surface area contributed by atoms with Gasteiger partial charge in [0.05, 0.1) is 17.2 Å². The average Bonchev–Trinajstić information content (AvgIpc) is 2.56. The van der Waals surface area contributed by atoms with Crippen molar-refractivity contribution in [2.45, 2.75) is 6.18 Å². The standard InChI is InChI=1S/C16H15ClF3N3O2/c1-25-7-6-22-15(24)10-4-5-21-14(8-10)23-11-2-3-13(17)12(9-11)16(18,19)20/h2-5,8-9H,6-7H2,1H3,(H,21,23)(H,22,24). The highest BCUT2D eigenvalue weighted by Gasteiger charge is 2.33. The number of carbonyl (C=O) groups excluding carboxylic acids is 1. The van der Waals surface area contributed by atoms with Crippen molar-refractivity contribution in [1.82, 2.24) is 10.3 Å². The molecule has 0 bridgehead atoms. The molecule has 2 aromatic rings. The first-order valence-electron chi connectivity index (χ1n) is 7.18. The Morgan fingerprint density at radius 2 is 2.04 bits per heavy atom. The Morgan fingerprint density at radius 3 is 2.72 bits per heavy atom. The van der Waals surface area contributed by atoms with Gasteiger partial charge in [-0.1, -0.05) is 11.6 Å². The van der Waals surface area contributed by atoms with Gasteiger partial charge in [-0.25, -0.2) is 4.98 Å². The van der Waals surface area contributed by atoms with Gasteiger partial charge >= 0.3 is 6.18 Å². The maximum absolute atomic E-state index is 12.9. The third-order valence-corrected chi connectivity index (χ3v) is 3.49. The van der Waals surface area contributed by atoms with E-state index >= 15 is 0 Å². The molecule has 0 radical (unpaired) electrons. The molecule has 5 nitrogen and oxygen atoms in total. The lowest BCUT2D eigenvalue weighted by Gasteiger charge is -2.12. The molecule has 0 aliphatic rings. The minimum absolute atomic E-state index is 0.154. The fourth-order valence-corrected chi connectivity index (χ4v) is 2.20. The van der Waals surface area contributed by atoms with Gasteiger partial charge in [-0.3, -0.25) is 4.79 Å². The number of anilines is 2. The quantitative estimate of drug-likeness (QED) is 0.754. The van der Waals surface area contributed by atoms with Gasteiger partial charge in [0.2, 0.25) is 0 Å². The van der Waals surface area contributed by atoms with Crippen molar-refractivity contribution in [3.63, 3.8) is 0 Å². The van der Waals surface area contributed by atoms with E-state index in [0.717, 1.165) is 12.1 Å². The maximum atomic E-state index is 12.9. The van der Waals surface area contributed by atoms with E-state index in [4.69, 9.17) is 16.3 Å². The molecule has 134 valence electrons. The molecule has 1 heterocycles. The van der Waals surface area contributed by atoms with E-state index < -0.39 is 16.8 Å². The van der Waals surface area contributed by atoms with Crippen LogP contribution in [0.4, 0.5) is 24.7 Å². The van der Waals surface area contributed by atoms with Crippen LogP contribution >= 0.6 is 11.6 Å². The number of carbonyl (C=O) groups is 1. The van der Waals surface area contributed by atoms with Gasteiger partial charge in [-0.2, -0.15) is 13.2 Å². The van der Waals surface area contributed by atoms with E-state index in [9.17, 15) is 18.0 Å². The van der Waals surface area contributed by atoms with Crippen LogP contribution in [0.5, 0.6) is 0 Å². The summed E-state index contributed by atoms with van der Waals surface area (Å²) in [7, 11) is 1.52. The summed E-state index contributed by atoms with van der Waals surface area (Å²) in [4.78, 5) is 16.0. The van der Waals surface area contributed by atoms with Crippen LogP contribution in [0.1, 0.15) is 15.9 Å². The van der Waals surface area contributed by atoms with Crippen LogP contribution in [0.15, 0.2) is 36.5 Å². The zero-order valence-electron chi connectivity index (χ0n) is 13.2. The number of hydrogen-bond donors (Lipinski definition) is 2. The summed E-state index contributed by atoms with van der Waals surface area (Å²) in [6.45, 7) is 0.708. The molecule has 0 aliphatic carbocycles. The van der Waals surface area contributed by atoms with Gasteiger partial charge in [0, 0.05) is 31.1 Å². The van der Waals surface area contributed by atoms with Crippen molar-refractivity contribution in [3.05, 3.63) is 52.7 Å². The molecule has 0 saturated carbocycles. The molecule has 0 spiro atoms. The second-order valence-corrected chi connectivity index (χ2v) is 5.40. The Labute approximate surface area is 147 Å². The Balaban J connectivity index is 2.16. The second kappa shape index (κ2) is 8.17. The molecule has 1 aromatic carbocycles. The maximum Gasteiger partial charge on any atom is 0.417 e. The molecular formula is C16H15ClF3N3O2. The number of nitrogens with zero attached hydrogens (tertiary/aromatic N) is 1. The van der Waals surface area contributed by atoms with Crippen LogP contribution in [0.2, 0.25) is 5.02 Å². The molecule has 0 atom stereocenters. The smallest absolute Gasteiger partial charge is 0.383 e. The lowest BCUT2D eigenvalue weighted by Crippen LogP contribution is -2.27. The Hall–Kier alpha value is -2.32. The SMILES string of the molecule is COCCNC(=O)c1ccnc(Nc2ccc(Cl)c(C(F)(F)F)c2)c1. The van der Waals surface area contributed by atoms with Crippen molar-refractivity contribution in [2.24, 2.45) is 0 Å². The van der Waals surface area contributed by atoms with Crippen molar-refractivity contribution < 1.29 is 22.7 Å². The predicted molar refractivity (Wildman–Crippen MR) is 88.2 cm³/mol. The van der Waals surface area contributed by atoms with Gasteiger partial charge < -0.3 is 15.4 Å². The third kappa shape index (κ3) is 5.33. The first-order valence-corrected chi connectivity index (χ1v) is 7.56. The van der Waals surface area contributed by atoms with Gasteiger partial charge in [-0.15, -0.1) is 0 Å². The van der Waals surface area contributed by atoms with Crippen LogP contribution in [0, 0.1) is 0 Å². The molecule has 1 aromatic heterocycles. The molecule has 0 fully saturated rings. The van der Waals surface area contributed by atoms with Crippen molar-refractivity contribution in [1.29, 1.82) is 0 Å². The Bertz CT molecular complexity index is 754. The summed E-state index contributed by atoms with van der Waals surface area (Å²) in [5, 5.41) is 4.98. The lowest BCUT2D eigenvalue weighted by molar-refractivity contribution is -0.137. The lowest BCUT2D eigenvalue weighted by atomic mass is 10.2. The summed E-state index contributed by atoms with van der Waals surface area (Å²) in [5.41, 5.74) is -0.479. The number of methoxy groups -OCH3 is 1. The number of pyridine rings is 1. The number of aromatic nitrogens is 1. The largest absolute Gasteiger partial charge is 0.417 e. The van der Waals surface area contributed by atoms with E-state index in [1.165, 1.54) is 31.5 Å². The normalized spacial score (nSPS) is 11.2. The highest BCUT2D eigenvalue weighted by molar-refractivity contribution is 6.31. The van der Waals surface area contributed by atoms with E-state index in [-0.39, 0.29) is 17.4 Å². The Morgan fingerprint density at radius 1 is 1.28 bits per heavy atom. The number of hydrogen-bond acceptors (Lipinski definition) is 4. The molecule has 2 N–H and O–H groups in total. The number of rotatable bonds is 6. The van der Waals surface area contributed by atoms with E-state index in [1.807, 2.05) is 0 Å². The first kappa shape index (κ1) is 19.0. The highest BCUT2D eigenvalue weighted by Crippen LogP contribution is 2.36. The molecule has 1 amide bonds. The molecular weight excluding hydrogens is 359 g/mol. The summed E-state index contributed by atoms with van der Waals surface area (Å²) in [6.07, 6.45) is -3.18. The molecule has 25 heavy (non-hydrogen) atoms. The second-order valence-electron chi connectivity index (χ2n) is 5.00. The number of ether oxygens (including phenoxy) is 1. The molecule has 0 saturated heterocycles. The monoisotopic (exact) mass is 373 g/mol. The van der Waals surface area contributed by atoms with Crippen LogP contribution in [0.25, 0.3) is 0 Å². The van der Waals surface area contributed by atoms with Gasteiger partial charge in [0.15, 0.2) is 0 Å². The summed E-state index contributed by atoms with van der Waals surface area (Å²) >= 11 is 5.58. The van der Waals surface area contributed by atoms with Gasteiger partial charge in [0.1, 0.15) is 5.82 Å². The molecule has 9 heteroatoms. The molecule has 2 rings (SSSR count). The summed E-state index contributed by atoms with van der Waals surface area (Å²) in [6, 6.07) is 6.36. The topological polar surface area (TPSA) is 63.2 Å². The van der Waals surface area contributed by atoms with Crippen molar-refractivity contribution >= 4 is 29.0 Å². The first-order chi connectivity index (χ1) is 11.8. The van der Waals surface area contributed by atoms with Crippen LogP contribution < -0.4 is 10.6 Å². The Kier molecular flexibility index (Phi) is 6.22. The number of halogens is 4. The van der Waals surface area contributed by atoms with Crippen LogP contribution in [-0.2, 0) is 10.9 Å². The number of amides is 1. The number of nitrogens with one attached hydrogen (secondary N) is 2. The zero-order chi connectivity index (χ0) is 18.4. The van der Waals surface area contributed by atoms with E-state index in [1.54, 1.807) is 0 Å². The molecule has 0 aliphatic heterocycles. The summed E-state index contributed by atoms with van der Waals surface area (Å²) in [5.74, 6) is -0.107. The minimum atomic E-state index is -4.56. The van der Waals surface area contributed by atoms with E-state index in [2.05, 4.69) is 15.6 Å². The fraction of sp³-hybridized carbons (Fsp3) is 0.250. The third-order valence-electron chi connectivity index (χ3n) is 3.16. The van der Waals surface area contributed by atoms with Crippen molar-refractivity contribution in [3.8, 4) is 0 Å². The fourth-order valence-electron chi connectivity index (χ4n) is 1.98. The zero-order valence-corrected chi connectivity index (χ0v) is 13.9. The predicted octanol–water partition coefficient (Wildman–Crippen LogP) is 3.87. The minimum Gasteiger partial charge on any atom is -0.383 e. The van der Waals surface area contributed by atoms with Crippen LogP contribution in [-0.4, -0.2) is 31.2 Å². The van der Waals surface area contributed by atoms with Crippen molar-refractivity contribution in [2.75, 3.05) is 25.6 Å². The van der Waals surface area contributed by atoms with Gasteiger partial charge in [-0.05, 0) is 30.3 Å². The number of benzene rings is 1. The van der Waals surface area contributed by atoms with E-state index in [0.29, 0.717) is 18.7 Å². The average molecular weight is 374 g/mol. The van der Waals surface area contributed by atoms with Crippen LogP contribution in [0.3, 0.4) is 0 Å². The van der Waals surface area contributed by atoms with Gasteiger partial charge in [0.25, 0.3) is 5.91 Å². The highest BCUT2D eigenvalue weighted by atomic mass is 35.5. The summed E-state index contributed by atoms with van der Waals surface area (Å²) < 4.78 is 43.5. The number of alkyl halides is 3. The molecule has 0 unspecified atom stereocenters.